The van der Waals surface area contributed by atoms with E-state index in [9.17, 15) is 14.4 Å². The van der Waals surface area contributed by atoms with E-state index in [1.807, 2.05) is 43.3 Å². The van der Waals surface area contributed by atoms with Crippen LogP contribution in [0.1, 0.15) is 24.5 Å². The van der Waals surface area contributed by atoms with Gasteiger partial charge in [-0.1, -0.05) is 30.3 Å². The Kier molecular flexibility index (Phi) is 6.89. The van der Waals surface area contributed by atoms with Crippen molar-refractivity contribution in [3.8, 4) is 6.07 Å². The third kappa shape index (κ3) is 5.02. The van der Waals surface area contributed by atoms with E-state index in [1.165, 1.54) is 15.9 Å². The maximum atomic E-state index is 12.5. The van der Waals surface area contributed by atoms with Gasteiger partial charge in [-0.2, -0.15) is 5.26 Å². The summed E-state index contributed by atoms with van der Waals surface area (Å²) < 4.78 is 1.31. The number of nitrogens with one attached hydrogen (secondary N) is 2. The number of rotatable bonds is 8. The second-order valence-corrected chi connectivity index (χ2v) is 7.63. The molecule has 2 aromatic heterocycles. The Balaban J connectivity index is 1.80. The molecule has 0 atom stereocenters. The highest BCUT2D eigenvalue weighted by molar-refractivity contribution is 7.14. The molecule has 0 spiro atoms. The second-order valence-electron chi connectivity index (χ2n) is 6.72. The van der Waals surface area contributed by atoms with Crippen LogP contribution in [0.3, 0.4) is 0 Å². The number of H-pyrrole nitrogens is 1. The lowest BCUT2D eigenvalue weighted by Gasteiger charge is -2.24. The van der Waals surface area contributed by atoms with Crippen LogP contribution in [-0.4, -0.2) is 28.5 Å². The lowest BCUT2D eigenvalue weighted by atomic mass is 10.2. The van der Waals surface area contributed by atoms with Crippen LogP contribution < -0.4 is 27.2 Å². The molecule has 0 radical (unpaired) electrons. The quantitative estimate of drug-likeness (QED) is 0.492. The lowest BCUT2D eigenvalue weighted by molar-refractivity contribution is -0.116. The smallest absolute Gasteiger partial charge is 0.330 e. The van der Waals surface area contributed by atoms with E-state index in [1.54, 1.807) is 16.3 Å². The fourth-order valence-electron chi connectivity index (χ4n) is 3.15. The zero-order valence-electron chi connectivity index (χ0n) is 16.9. The first-order valence-electron chi connectivity index (χ1n) is 9.63. The Morgan fingerprint density at radius 3 is 2.71 bits per heavy atom. The van der Waals surface area contributed by atoms with Crippen LogP contribution in [0.4, 0.5) is 16.5 Å². The zero-order valence-corrected chi connectivity index (χ0v) is 17.7. The second kappa shape index (κ2) is 9.77. The highest BCUT2D eigenvalue weighted by Gasteiger charge is 2.19. The van der Waals surface area contributed by atoms with Crippen LogP contribution in [0.5, 0.6) is 0 Å². The maximum absolute atomic E-state index is 12.5. The SMILES string of the molecule is CCN(CCC(=O)Nc1sccc1C#N)c1c(N)n(Cc2ccccc2)c(=O)[nH]c1=O. The van der Waals surface area contributed by atoms with Crippen molar-refractivity contribution in [3.63, 3.8) is 0 Å². The molecule has 4 N–H and O–H groups in total. The summed E-state index contributed by atoms with van der Waals surface area (Å²) >= 11 is 1.27. The lowest BCUT2D eigenvalue weighted by Crippen LogP contribution is -2.39. The van der Waals surface area contributed by atoms with Gasteiger partial charge in [-0.3, -0.25) is 19.1 Å². The predicted molar refractivity (Wildman–Crippen MR) is 121 cm³/mol. The Morgan fingerprint density at radius 1 is 1.29 bits per heavy atom. The van der Waals surface area contributed by atoms with Crippen LogP contribution in [0, 0.1) is 11.3 Å². The summed E-state index contributed by atoms with van der Waals surface area (Å²) in [6.45, 7) is 2.66. The molecule has 0 aliphatic carbocycles. The molecule has 0 aliphatic rings. The molecule has 0 unspecified atom stereocenters. The number of anilines is 3. The molecule has 9 nitrogen and oxygen atoms in total. The summed E-state index contributed by atoms with van der Waals surface area (Å²) in [4.78, 5) is 41.2. The highest BCUT2D eigenvalue weighted by Crippen LogP contribution is 2.22. The van der Waals surface area contributed by atoms with Crippen molar-refractivity contribution in [2.45, 2.75) is 19.9 Å². The summed E-state index contributed by atoms with van der Waals surface area (Å²) in [6, 6.07) is 12.9. The number of nitriles is 1. The molecule has 0 aliphatic heterocycles. The van der Waals surface area contributed by atoms with E-state index < -0.39 is 11.2 Å². The Labute approximate surface area is 182 Å². The molecule has 0 saturated heterocycles. The van der Waals surface area contributed by atoms with E-state index in [0.717, 1.165) is 5.56 Å². The number of aromatic amines is 1. The van der Waals surface area contributed by atoms with Crippen LogP contribution in [-0.2, 0) is 11.3 Å². The van der Waals surface area contributed by atoms with Gasteiger partial charge < -0.3 is 16.0 Å². The van der Waals surface area contributed by atoms with Crippen molar-refractivity contribution >= 4 is 33.8 Å². The van der Waals surface area contributed by atoms with Gasteiger partial charge in [0.25, 0.3) is 5.56 Å². The summed E-state index contributed by atoms with van der Waals surface area (Å²) in [5.41, 5.74) is 6.46. The number of aromatic nitrogens is 2. The molecule has 3 aromatic rings. The van der Waals surface area contributed by atoms with Crippen molar-refractivity contribution in [1.29, 1.82) is 5.26 Å². The van der Waals surface area contributed by atoms with Gasteiger partial charge >= 0.3 is 5.69 Å². The van der Waals surface area contributed by atoms with Gasteiger partial charge in [0, 0.05) is 19.5 Å². The first kappa shape index (κ1) is 21.9. The van der Waals surface area contributed by atoms with Crippen molar-refractivity contribution in [2.24, 2.45) is 0 Å². The topological polar surface area (TPSA) is 137 Å². The first-order chi connectivity index (χ1) is 14.9. The molecule has 10 heteroatoms. The largest absolute Gasteiger partial charge is 0.383 e. The molecule has 31 heavy (non-hydrogen) atoms. The Morgan fingerprint density at radius 2 is 2.03 bits per heavy atom. The molecule has 160 valence electrons. The number of benzene rings is 1. The highest BCUT2D eigenvalue weighted by atomic mass is 32.1. The van der Waals surface area contributed by atoms with Crippen LogP contribution in [0.2, 0.25) is 0 Å². The van der Waals surface area contributed by atoms with E-state index in [0.29, 0.717) is 17.1 Å². The first-order valence-corrected chi connectivity index (χ1v) is 10.5. The number of nitrogen functional groups attached to an aromatic ring is 1. The summed E-state index contributed by atoms with van der Waals surface area (Å²) in [5, 5.41) is 14.0. The zero-order chi connectivity index (χ0) is 22.4. The third-order valence-electron chi connectivity index (χ3n) is 4.74. The number of nitrogens with zero attached hydrogens (tertiary/aromatic N) is 3. The summed E-state index contributed by atoms with van der Waals surface area (Å²) in [6.07, 6.45) is 0.0767. The van der Waals surface area contributed by atoms with Gasteiger partial charge in [0.05, 0.1) is 12.1 Å². The van der Waals surface area contributed by atoms with Crippen molar-refractivity contribution < 1.29 is 4.79 Å². The van der Waals surface area contributed by atoms with Crippen LogP contribution in [0.25, 0.3) is 0 Å². The normalized spacial score (nSPS) is 10.5. The number of hydrogen-bond donors (Lipinski definition) is 3. The monoisotopic (exact) mass is 438 g/mol. The van der Waals surface area contributed by atoms with E-state index in [2.05, 4.69) is 10.3 Å². The maximum Gasteiger partial charge on any atom is 0.330 e. The van der Waals surface area contributed by atoms with E-state index in [-0.39, 0.29) is 36.9 Å². The minimum Gasteiger partial charge on any atom is -0.383 e. The third-order valence-corrected chi connectivity index (χ3v) is 5.57. The summed E-state index contributed by atoms with van der Waals surface area (Å²) in [5.74, 6) is -0.241. The van der Waals surface area contributed by atoms with Gasteiger partial charge in [-0.15, -0.1) is 11.3 Å². The number of amides is 1. The average Bonchev–Trinajstić information content (AvgIpc) is 3.21. The van der Waals surface area contributed by atoms with Gasteiger partial charge in [-0.05, 0) is 23.9 Å². The van der Waals surface area contributed by atoms with Crippen molar-refractivity contribution in [2.75, 3.05) is 29.0 Å². The van der Waals surface area contributed by atoms with Gasteiger partial charge in [0.1, 0.15) is 22.6 Å². The molecular weight excluding hydrogens is 416 g/mol. The van der Waals surface area contributed by atoms with Crippen molar-refractivity contribution in [3.05, 3.63) is 73.7 Å². The average molecular weight is 439 g/mol. The van der Waals surface area contributed by atoms with E-state index >= 15 is 0 Å². The number of thiophene rings is 1. The molecular formula is C21H22N6O3S. The number of carbonyl (C=O) groups is 1. The van der Waals surface area contributed by atoms with Crippen LogP contribution in [0.15, 0.2) is 51.4 Å². The minimum atomic E-state index is -0.598. The standard InChI is InChI=1S/C21H22N6O3S/c1-2-26(10-8-16(28)24-20-15(12-22)9-11-31-20)17-18(23)27(21(30)25-19(17)29)13-14-6-4-3-5-7-14/h3-7,9,11H,2,8,10,13,23H2,1H3,(H,24,28)(H,25,29,30). The molecule has 3 rings (SSSR count). The molecule has 0 fully saturated rings. The molecule has 1 amide bonds. The fourth-order valence-corrected chi connectivity index (χ4v) is 3.91. The molecule has 2 heterocycles. The predicted octanol–water partition coefficient (Wildman–Crippen LogP) is 1.96. The number of hydrogen-bond acceptors (Lipinski definition) is 7. The molecule has 0 saturated carbocycles. The minimum absolute atomic E-state index is 0.0462. The fraction of sp³-hybridized carbons (Fsp3) is 0.238. The van der Waals surface area contributed by atoms with E-state index in [4.69, 9.17) is 11.0 Å². The Bertz CT molecular complexity index is 1220. The van der Waals surface area contributed by atoms with Gasteiger partial charge in [0.2, 0.25) is 5.91 Å². The van der Waals surface area contributed by atoms with Crippen LogP contribution >= 0.6 is 11.3 Å². The van der Waals surface area contributed by atoms with Gasteiger partial charge in [0.15, 0.2) is 0 Å². The van der Waals surface area contributed by atoms with Crippen molar-refractivity contribution in [1.82, 2.24) is 9.55 Å². The number of carbonyl (C=O) groups excluding carboxylic acids is 1. The molecule has 1 aromatic carbocycles. The van der Waals surface area contributed by atoms with Gasteiger partial charge in [-0.25, -0.2) is 4.79 Å². The number of nitrogens with two attached hydrogens (primary N) is 1. The molecule has 0 bridgehead atoms. The Hall–Kier alpha value is -3.84. The summed E-state index contributed by atoms with van der Waals surface area (Å²) in [7, 11) is 0.